The number of nitrogens with one attached hydrogen (secondary N) is 2. The summed E-state index contributed by atoms with van der Waals surface area (Å²) in [7, 11) is 0. The lowest BCUT2D eigenvalue weighted by Crippen LogP contribution is -2.43. The standard InChI is InChI=1S/C17H24N4O2S/c1-4-5-6-7-8-9-15(22)19-17(24)20-21-13(3)10-12(2)14(11-18)16(21)23/h10H,4-9H2,1-3H3,(H2,19,20,22,24). The largest absolute Gasteiger partial charge is 0.302 e. The van der Waals surface area contributed by atoms with Crippen LogP contribution in [0.25, 0.3) is 0 Å². The summed E-state index contributed by atoms with van der Waals surface area (Å²) < 4.78 is 1.18. The van der Waals surface area contributed by atoms with E-state index < -0.39 is 5.56 Å². The molecule has 0 saturated heterocycles. The lowest BCUT2D eigenvalue weighted by Gasteiger charge is -2.15. The molecule has 2 N–H and O–H groups in total. The van der Waals surface area contributed by atoms with Crippen LogP contribution in [0.2, 0.25) is 0 Å². The van der Waals surface area contributed by atoms with Gasteiger partial charge in [-0.1, -0.05) is 32.6 Å². The van der Waals surface area contributed by atoms with Gasteiger partial charge in [-0.25, -0.2) is 4.68 Å². The molecule has 1 rings (SSSR count). The van der Waals surface area contributed by atoms with Gasteiger partial charge >= 0.3 is 0 Å². The predicted octanol–water partition coefficient (Wildman–Crippen LogP) is 2.64. The molecule has 0 saturated carbocycles. The van der Waals surface area contributed by atoms with Crippen molar-refractivity contribution in [3.63, 3.8) is 0 Å². The molecule has 130 valence electrons. The van der Waals surface area contributed by atoms with Crippen LogP contribution in [0.3, 0.4) is 0 Å². The molecule has 0 aliphatic carbocycles. The Morgan fingerprint density at radius 1 is 1.29 bits per heavy atom. The van der Waals surface area contributed by atoms with E-state index in [9.17, 15) is 9.59 Å². The quantitative estimate of drug-likeness (QED) is 0.584. The van der Waals surface area contributed by atoms with Crippen molar-refractivity contribution in [3.8, 4) is 6.07 Å². The van der Waals surface area contributed by atoms with Crippen LogP contribution in [-0.4, -0.2) is 15.7 Å². The second kappa shape index (κ2) is 9.83. The second-order valence-corrected chi connectivity index (χ2v) is 6.16. The maximum atomic E-state index is 12.2. The average molecular weight is 348 g/mol. The minimum atomic E-state index is -0.480. The van der Waals surface area contributed by atoms with E-state index in [0.29, 0.717) is 17.7 Å². The molecule has 1 amide bonds. The van der Waals surface area contributed by atoms with Crippen LogP contribution < -0.4 is 16.3 Å². The van der Waals surface area contributed by atoms with E-state index in [1.165, 1.54) is 11.1 Å². The number of amides is 1. The Labute approximate surface area is 147 Å². The summed E-state index contributed by atoms with van der Waals surface area (Å²) in [6.45, 7) is 5.57. The molecule has 0 bridgehead atoms. The number of nitrogens with zero attached hydrogens (tertiary/aromatic N) is 2. The highest BCUT2D eigenvalue weighted by molar-refractivity contribution is 7.80. The fourth-order valence-electron chi connectivity index (χ4n) is 2.37. The molecule has 0 unspecified atom stereocenters. The number of hydrogen-bond acceptors (Lipinski definition) is 4. The van der Waals surface area contributed by atoms with Gasteiger partial charge in [-0.15, -0.1) is 0 Å². The summed E-state index contributed by atoms with van der Waals surface area (Å²) in [5, 5.41) is 11.7. The van der Waals surface area contributed by atoms with E-state index in [1.54, 1.807) is 19.9 Å². The molecule has 1 aromatic rings. The topological polar surface area (TPSA) is 86.9 Å². The Bertz CT molecular complexity index is 704. The van der Waals surface area contributed by atoms with Gasteiger partial charge < -0.3 is 5.32 Å². The normalized spacial score (nSPS) is 10.1. The van der Waals surface area contributed by atoms with Crippen molar-refractivity contribution >= 4 is 23.2 Å². The molecule has 24 heavy (non-hydrogen) atoms. The van der Waals surface area contributed by atoms with Crippen molar-refractivity contribution in [1.29, 1.82) is 5.26 Å². The van der Waals surface area contributed by atoms with Gasteiger partial charge in [-0.3, -0.25) is 15.0 Å². The molecule has 0 fully saturated rings. The van der Waals surface area contributed by atoms with Crippen LogP contribution in [-0.2, 0) is 4.79 Å². The third kappa shape index (κ3) is 5.78. The predicted molar refractivity (Wildman–Crippen MR) is 98.4 cm³/mol. The van der Waals surface area contributed by atoms with Gasteiger partial charge in [0.25, 0.3) is 5.56 Å². The molecule has 1 aromatic heterocycles. The first-order valence-corrected chi connectivity index (χ1v) is 8.55. The maximum Gasteiger partial charge on any atom is 0.287 e. The van der Waals surface area contributed by atoms with Crippen LogP contribution in [0.1, 0.15) is 62.3 Å². The molecular weight excluding hydrogens is 324 g/mol. The maximum absolute atomic E-state index is 12.2. The van der Waals surface area contributed by atoms with Gasteiger partial charge in [0.1, 0.15) is 11.6 Å². The summed E-state index contributed by atoms with van der Waals surface area (Å²) in [5.41, 5.74) is 3.46. The summed E-state index contributed by atoms with van der Waals surface area (Å²) in [5.74, 6) is -0.178. The second-order valence-electron chi connectivity index (χ2n) is 5.75. The van der Waals surface area contributed by atoms with Crippen molar-refractivity contribution in [2.75, 3.05) is 5.43 Å². The van der Waals surface area contributed by atoms with E-state index in [2.05, 4.69) is 17.7 Å². The van der Waals surface area contributed by atoms with Crippen molar-refractivity contribution in [2.24, 2.45) is 0 Å². The highest BCUT2D eigenvalue weighted by atomic mass is 32.1. The summed E-state index contributed by atoms with van der Waals surface area (Å²) in [6.07, 6.45) is 5.70. The third-order valence-corrected chi connectivity index (χ3v) is 3.87. The monoisotopic (exact) mass is 348 g/mol. The zero-order chi connectivity index (χ0) is 18.1. The van der Waals surface area contributed by atoms with Gasteiger partial charge in [0.15, 0.2) is 5.11 Å². The Morgan fingerprint density at radius 3 is 2.58 bits per heavy atom. The zero-order valence-corrected chi connectivity index (χ0v) is 15.3. The molecule has 0 aliphatic heterocycles. The van der Waals surface area contributed by atoms with E-state index in [1.807, 2.05) is 6.07 Å². The van der Waals surface area contributed by atoms with Crippen molar-refractivity contribution < 1.29 is 4.79 Å². The Balaban J connectivity index is 2.62. The van der Waals surface area contributed by atoms with Gasteiger partial charge in [0.2, 0.25) is 5.91 Å². The van der Waals surface area contributed by atoms with Crippen LogP contribution in [0.5, 0.6) is 0 Å². The van der Waals surface area contributed by atoms with Crippen LogP contribution in [0.4, 0.5) is 0 Å². The highest BCUT2D eigenvalue weighted by Gasteiger charge is 2.12. The summed E-state index contributed by atoms with van der Waals surface area (Å²) in [6, 6.07) is 3.60. The number of nitriles is 1. The van der Waals surface area contributed by atoms with E-state index in [-0.39, 0.29) is 16.6 Å². The fraction of sp³-hybridized carbons (Fsp3) is 0.529. The summed E-state index contributed by atoms with van der Waals surface area (Å²) in [4.78, 5) is 24.1. The molecule has 0 aromatic carbocycles. The molecule has 0 aliphatic rings. The van der Waals surface area contributed by atoms with Crippen molar-refractivity contribution in [1.82, 2.24) is 9.99 Å². The smallest absolute Gasteiger partial charge is 0.287 e. The lowest BCUT2D eigenvalue weighted by atomic mass is 10.1. The number of hydrogen-bond donors (Lipinski definition) is 2. The third-order valence-electron chi connectivity index (χ3n) is 3.67. The number of unbranched alkanes of at least 4 members (excludes halogenated alkanes) is 4. The Hall–Kier alpha value is -2.20. The number of pyridine rings is 1. The number of thiocarbonyl (C=S) groups is 1. The number of rotatable bonds is 7. The number of aromatic nitrogens is 1. The molecule has 1 heterocycles. The first kappa shape index (κ1) is 19.8. The van der Waals surface area contributed by atoms with E-state index in [4.69, 9.17) is 17.5 Å². The SMILES string of the molecule is CCCCCCCC(=O)NC(=S)Nn1c(C)cc(C)c(C#N)c1=O. The van der Waals surface area contributed by atoms with Crippen LogP contribution in [0, 0.1) is 25.2 Å². The molecule has 0 radical (unpaired) electrons. The fourth-order valence-corrected chi connectivity index (χ4v) is 2.58. The lowest BCUT2D eigenvalue weighted by molar-refractivity contribution is -0.119. The van der Waals surface area contributed by atoms with Gasteiger partial charge in [-0.2, -0.15) is 5.26 Å². The highest BCUT2D eigenvalue weighted by Crippen LogP contribution is 2.05. The van der Waals surface area contributed by atoms with Crippen molar-refractivity contribution in [2.45, 2.75) is 59.3 Å². The van der Waals surface area contributed by atoms with Crippen molar-refractivity contribution in [3.05, 3.63) is 33.2 Å². The first-order valence-electron chi connectivity index (χ1n) is 8.14. The Kier molecular flexibility index (Phi) is 8.13. The number of carbonyl (C=O) groups is 1. The number of aryl methyl sites for hydroxylation is 2. The Morgan fingerprint density at radius 2 is 1.96 bits per heavy atom. The number of carbonyl (C=O) groups excluding carboxylic acids is 1. The van der Waals surface area contributed by atoms with Crippen LogP contribution in [0.15, 0.2) is 10.9 Å². The average Bonchev–Trinajstić information content (AvgIpc) is 2.51. The summed E-state index contributed by atoms with van der Waals surface area (Å²) >= 11 is 5.08. The first-order chi connectivity index (χ1) is 11.4. The van der Waals surface area contributed by atoms with E-state index >= 15 is 0 Å². The minimum absolute atomic E-state index is 0.0477. The van der Waals surface area contributed by atoms with Crippen LogP contribution >= 0.6 is 12.2 Å². The zero-order valence-electron chi connectivity index (χ0n) is 14.4. The van der Waals surface area contributed by atoms with Gasteiger partial charge in [-0.05, 0) is 44.1 Å². The van der Waals surface area contributed by atoms with E-state index in [0.717, 1.165) is 25.7 Å². The van der Waals surface area contributed by atoms with Gasteiger partial charge in [0.05, 0.1) is 0 Å². The molecular formula is C17H24N4O2S. The molecule has 0 atom stereocenters. The molecule has 7 heteroatoms. The molecule has 6 nitrogen and oxygen atoms in total. The minimum Gasteiger partial charge on any atom is -0.302 e. The molecule has 0 spiro atoms. The van der Waals surface area contributed by atoms with Gasteiger partial charge in [0, 0.05) is 12.1 Å².